The van der Waals surface area contributed by atoms with Crippen LogP contribution >= 0.6 is 26.6 Å². The number of hydrogen-bond acceptors (Lipinski definition) is 4. The van der Waals surface area contributed by atoms with Crippen LogP contribution in [0.4, 0.5) is 18.9 Å². The van der Waals surface area contributed by atoms with Crippen molar-refractivity contribution in [3.05, 3.63) is 32.3 Å². The summed E-state index contributed by atoms with van der Waals surface area (Å²) in [5.41, 5.74) is -2.97. The smallest absolute Gasteiger partial charge is 0.258 e. The van der Waals surface area contributed by atoms with E-state index in [0.717, 1.165) is 0 Å². The molecule has 0 bridgehead atoms. The molecule has 11 heteroatoms. The molecule has 0 aliphatic carbocycles. The van der Waals surface area contributed by atoms with Crippen molar-refractivity contribution in [3.63, 3.8) is 0 Å². The molecular weight excluding hydrogens is 366 g/mol. The Hall–Kier alpha value is -0.870. The fourth-order valence-corrected chi connectivity index (χ4v) is 2.74. The molecule has 0 heterocycles. The summed E-state index contributed by atoms with van der Waals surface area (Å²) in [6.45, 7) is 0. The Morgan fingerprint density at radius 1 is 1.33 bits per heavy atom. The number of alkyl halides is 3. The summed E-state index contributed by atoms with van der Waals surface area (Å²) in [4.78, 5) is 8.42. The lowest BCUT2D eigenvalue weighted by Gasteiger charge is -2.10. The van der Waals surface area contributed by atoms with Crippen LogP contribution in [0.15, 0.2) is 21.5 Å². The Morgan fingerprint density at radius 3 is 2.17 bits per heavy atom. The Morgan fingerprint density at radius 2 is 1.83 bits per heavy atom. The molecule has 0 saturated carbocycles. The van der Waals surface area contributed by atoms with E-state index in [1.807, 2.05) is 0 Å². The molecule has 0 fully saturated rings. The zero-order chi connectivity index (χ0) is 14.3. The summed E-state index contributed by atoms with van der Waals surface area (Å²) in [6, 6.07) is 0.814. The van der Waals surface area contributed by atoms with Gasteiger partial charge in [0.25, 0.3) is 14.7 Å². The van der Waals surface area contributed by atoms with E-state index in [-0.39, 0.29) is 6.07 Å². The normalized spacial score (nSPS) is 12.5. The first kappa shape index (κ1) is 15.2. The molecule has 1 aromatic carbocycles. The molecule has 0 aliphatic rings. The van der Waals surface area contributed by atoms with Crippen LogP contribution in [0.2, 0.25) is 0 Å². The van der Waals surface area contributed by atoms with Crippen molar-refractivity contribution in [2.24, 2.45) is 0 Å². The van der Waals surface area contributed by atoms with Crippen LogP contribution in [-0.4, -0.2) is 13.3 Å². The molecule has 0 atom stereocenters. The molecular formula is C7H2BrClF3NO4S. The van der Waals surface area contributed by atoms with Crippen molar-refractivity contribution < 1.29 is 26.5 Å². The first-order valence-electron chi connectivity index (χ1n) is 3.94. The fraction of sp³-hybridized carbons (Fsp3) is 0.143. The molecule has 5 nitrogen and oxygen atoms in total. The highest BCUT2D eigenvalue weighted by Gasteiger charge is 2.41. The summed E-state index contributed by atoms with van der Waals surface area (Å²) in [5, 5.41) is 10.5. The van der Waals surface area contributed by atoms with Crippen molar-refractivity contribution in [1.29, 1.82) is 0 Å². The molecule has 1 aromatic rings. The van der Waals surface area contributed by atoms with Crippen molar-refractivity contribution >= 4 is 41.4 Å². The van der Waals surface area contributed by atoms with Crippen LogP contribution in [-0.2, 0) is 15.2 Å². The van der Waals surface area contributed by atoms with E-state index in [2.05, 4.69) is 15.9 Å². The molecule has 100 valence electrons. The predicted molar refractivity (Wildman–Crippen MR) is 58.8 cm³/mol. The van der Waals surface area contributed by atoms with Crippen molar-refractivity contribution in [2.75, 3.05) is 0 Å². The van der Waals surface area contributed by atoms with E-state index in [4.69, 9.17) is 10.7 Å². The quantitative estimate of drug-likeness (QED) is 0.456. The van der Waals surface area contributed by atoms with Crippen molar-refractivity contribution in [3.8, 4) is 0 Å². The molecule has 0 amide bonds. The lowest BCUT2D eigenvalue weighted by molar-refractivity contribution is -0.388. The van der Waals surface area contributed by atoms with Crippen LogP contribution in [0.1, 0.15) is 5.56 Å². The van der Waals surface area contributed by atoms with Gasteiger partial charge in [0.15, 0.2) is 0 Å². The molecule has 0 aromatic heterocycles. The van der Waals surface area contributed by atoms with E-state index in [9.17, 15) is 31.7 Å². The number of hydrogen-bond donors (Lipinski definition) is 0. The summed E-state index contributed by atoms with van der Waals surface area (Å²) in [6.07, 6.45) is -5.00. The van der Waals surface area contributed by atoms with Crippen LogP contribution in [0, 0.1) is 10.1 Å². The molecule has 0 unspecified atom stereocenters. The maximum Gasteiger partial charge on any atom is 0.424 e. The van der Waals surface area contributed by atoms with Gasteiger partial charge in [-0.2, -0.15) is 13.2 Å². The minimum Gasteiger partial charge on any atom is -0.258 e. The second kappa shape index (κ2) is 4.67. The number of nitro benzene ring substituents is 1. The van der Waals surface area contributed by atoms with Crippen LogP contribution < -0.4 is 0 Å². The molecule has 0 saturated heterocycles. The second-order valence-electron chi connectivity index (χ2n) is 2.99. The van der Waals surface area contributed by atoms with Gasteiger partial charge in [-0.1, -0.05) is 0 Å². The van der Waals surface area contributed by atoms with Crippen molar-refractivity contribution in [2.45, 2.75) is 11.1 Å². The van der Waals surface area contributed by atoms with E-state index in [1.165, 1.54) is 0 Å². The maximum atomic E-state index is 12.6. The van der Waals surface area contributed by atoms with Gasteiger partial charge in [0.1, 0.15) is 5.56 Å². The standard InChI is InChI=1S/C7H2BrClF3NO4S/c8-4-1-3(18(9,16)17)2-5(13(14)15)6(4)7(10,11)12/h1-2H. The number of nitrogens with zero attached hydrogens (tertiary/aromatic N) is 1. The van der Waals surface area contributed by atoms with Crippen LogP contribution in [0.25, 0.3) is 0 Å². The summed E-state index contributed by atoms with van der Waals surface area (Å²) >= 11 is 2.45. The Bertz CT molecular complexity index is 616. The van der Waals surface area contributed by atoms with Gasteiger partial charge < -0.3 is 0 Å². The number of rotatable bonds is 2. The highest BCUT2D eigenvalue weighted by Crippen LogP contribution is 2.42. The number of benzene rings is 1. The molecule has 18 heavy (non-hydrogen) atoms. The predicted octanol–water partition coefficient (Wildman–Crippen LogP) is 3.30. The van der Waals surface area contributed by atoms with Gasteiger partial charge in [0.2, 0.25) is 0 Å². The fourth-order valence-electron chi connectivity index (χ4n) is 1.13. The average Bonchev–Trinajstić information content (AvgIpc) is 2.12. The second-order valence-corrected chi connectivity index (χ2v) is 6.41. The Balaban J connectivity index is 3.73. The Labute approximate surface area is 111 Å². The molecule has 1 rings (SSSR count). The van der Waals surface area contributed by atoms with Gasteiger partial charge in [-0.25, -0.2) is 8.42 Å². The average molecular weight is 369 g/mol. The SMILES string of the molecule is O=[N+]([O-])c1cc(S(=O)(=O)Cl)cc(Br)c1C(F)(F)F. The lowest BCUT2D eigenvalue weighted by atomic mass is 10.2. The van der Waals surface area contributed by atoms with Gasteiger partial charge in [-0.15, -0.1) is 0 Å². The minimum atomic E-state index is -5.00. The van der Waals surface area contributed by atoms with Gasteiger partial charge >= 0.3 is 6.18 Å². The minimum absolute atomic E-state index is 0.260. The highest BCUT2D eigenvalue weighted by molar-refractivity contribution is 9.10. The third kappa shape index (κ3) is 3.12. The molecule has 0 radical (unpaired) electrons. The third-order valence-corrected chi connectivity index (χ3v) is 3.76. The van der Waals surface area contributed by atoms with Gasteiger partial charge in [0.05, 0.1) is 9.82 Å². The molecule has 0 spiro atoms. The van der Waals surface area contributed by atoms with Crippen LogP contribution in [0.5, 0.6) is 0 Å². The van der Waals surface area contributed by atoms with E-state index in [0.29, 0.717) is 6.07 Å². The molecule has 0 aliphatic heterocycles. The van der Waals surface area contributed by atoms with Gasteiger partial charge in [0, 0.05) is 21.2 Å². The van der Waals surface area contributed by atoms with E-state index < -0.39 is 40.8 Å². The largest absolute Gasteiger partial charge is 0.424 e. The summed E-state index contributed by atoms with van der Waals surface area (Å²) < 4.78 is 58.9. The first-order valence-corrected chi connectivity index (χ1v) is 7.04. The summed E-state index contributed by atoms with van der Waals surface area (Å²) in [5.74, 6) is 0. The van der Waals surface area contributed by atoms with Crippen molar-refractivity contribution in [1.82, 2.24) is 0 Å². The van der Waals surface area contributed by atoms with Gasteiger partial charge in [-0.3, -0.25) is 10.1 Å². The highest BCUT2D eigenvalue weighted by atomic mass is 79.9. The zero-order valence-corrected chi connectivity index (χ0v) is 11.2. The molecule has 0 N–H and O–H groups in total. The zero-order valence-electron chi connectivity index (χ0n) is 8.03. The van der Waals surface area contributed by atoms with Gasteiger partial charge in [-0.05, 0) is 22.0 Å². The lowest BCUT2D eigenvalue weighted by Crippen LogP contribution is -2.11. The number of nitro groups is 1. The van der Waals surface area contributed by atoms with E-state index >= 15 is 0 Å². The maximum absolute atomic E-state index is 12.6. The number of halogens is 5. The monoisotopic (exact) mass is 367 g/mol. The van der Waals surface area contributed by atoms with E-state index in [1.54, 1.807) is 0 Å². The van der Waals surface area contributed by atoms with Crippen LogP contribution in [0.3, 0.4) is 0 Å². The first-order chi connectivity index (χ1) is 7.94. The third-order valence-electron chi connectivity index (χ3n) is 1.80. The Kier molecular flexibility index (Phi) is 3.94. The topological polar surface area (TPSA) is 77.3 Å². The summed E-state index contributed by atoms with van der Waals surface area (Å²) in [7, 11) is 0.548.